The molecule has 5 heteroatoms. The lowest BCUT2D eigenvalue weighted by molar-refractivity contribution is 0.320. The van der Waals surface area contributed by atoms with Gasteiger partial charge in [-0.15, -0.1) is 0 Å². The number of phenolic OH excluding ortho intramolecular Hbond substituents is 1. The topological polar surface area (TPSA) is 71.3 Å². The zero-order valence-electron chi connectivity index (χ0n) is 7.89. The fraction of sp³-hybridized carbons (Fsp3) is 0.222. The molecule has 0 saturated carbocycles. The van der Waals surface area contributed by atoms with Gasteiger partial charge in [0.1, 0.15) is 0 Å². The van der Waals surface area contributed by atoms with Gasteiger partial charge in [0.15, 0.2) is 11.5 Å². The minimum absolute atomic E-state index is 0.121. The van der Waals surface area contributed by atoms with E-state index in [1.165, 1.54) is 14.2 Å². The summed E-state index contributed by atoms with van der Waals surface area (Å²) in [6.07, 6.45) is 1.11. The van der Waals surface area contributed by atoms with Crippen LogP contribution in [-0.2, 0) is 0 Å². The standard InChI is InChI=1S/C9H11NO4/c1-13-7-4-3-6(5-10-12)8(11)9(7)14-2/h3-5,11-12H,1-2H3. The molecule has 0 aromatic heterocycles. The summed E-state index contributed by atoms with van der Waals surface area (Å²) in [6, 6.07) is 3.16. The summed E-state index contributed by atoms with van der Waals surface area (Å²) in [4.78, 5) is 0. The first-order valence-electron chi connectivity index (χ1n) is 3.86. The molecule has 1 aromatic rings. The Kier molecular flexibility index (Phi) is 3.17. The van der Waals surface area contributed by atoms with Gasteiger partial charge in [-0.2, -0.15) is 0 Å². The van der Waals surface area contributed by atoms with E-state index in [0.717, 1.165) is 6.21 Å². The second-order valence-electron chi connectivity index (χ2n) is 2.48. The average Bonchev–Trinajstić information content (AvgIpc) is 2.21. The molecular weight excluding hydrogens is 186 g/mol. The van der Waals surface area contributed by atoms with Gasteiger partial charge in [-0.25, -0.2) is 0 Å². The van der Waals surface area contributed by atoms with Crippen LogP contribution in [0, 0.1) is 0 Å². The lowest BCUT2D eigenvalue weighted by atomic mass is 10.2. The van der Waals surface area contributed by atoms with Crippen LogP contribution in [0.1, 0.15) is 5.56 Å². The molecule has 0 bridgehead atoms. The summed E-state index contributed by atoms with van der Waals surface area (Å²) in [5.74, 6) is 0.509. The lowest BCUT2D eigenvalue weighted by Gasteiger charge is -2.10. The van der Waals surface area contributed by atoms with E-state index < -0.39 is 0 Å². The van der Waals surface area contributed by atoms with Crippen molar-refractivity contribution in [2.75, 3.05) is 14.2 Å². The van der Waals surface area contributed by atoms with Crippen LogP contribution >= 0.6 is 0 Å². The summed E-state index contributed by atoms with van der Waals surface area (Å²) in [5.41, 5.74) is 0.352. The lowest BCUT2D eigenvalue weighted by Crippen LogP contribution is -1.93. The van der Waals surface area contributed by atoms with Gasteiger partial charge in [0.2, 0.25) is 5.75 Å². The summed E-state index contributed by atoms with van der Waals surface area (Å²) in [6.45, 7) is 0. The highest BCUT2D eigenvalue weighted by Crippen LogP contribution is 2.37. The Bertz CT molecular complexity index is 349. The van der Waals surface area contributed by atoms with Crippen LogP contribution in [0.5, 0.6) is 17.2 Å². The second kappa shape index (κ2) is 4.36. The molecule has 0 heterocycles. The van der Waals surface area contributed by atoms with E-state index in [1.807, 2.05) is 0 Å². The maximum Gasteiger partial charge on any atom is 0.203 e. The summed E-state index contributed by atoms with van der Waals surface area (Å²) in [7, 11) is 2.88. The molecule has 0 radical (unpaired) electrons. The molecule has 76 valence electrons. The quantitative estimate of drug-likeness (QED) is 0.434. The number of hydrogen-bond acceptors (Lipinski definition) is 5. The molecule has 2 N–H and O–H groups in total. The first-order valence-corrected chi connectivity index (χ1v) is 3.86. The van der Waals surface area contributed by atoms with Crippen molar-refractivity contribution in [1.29, 1.82) is 0 Å². The molecule has 0 spiro atoms. The van der Waals surface area contributed by atoms with Crippen LogP contribution in [0.15, 0.2) is 17.3 Å². The van der Waals surface area contributed by atoms with Gasteiger partial charge in [-0.1, -0.05) is 5.16 Å². The molecule has 5 nitrogen and oxygen atoms in total. The first kappa shape index (κ1) is 10.2. The molecule has 0 fully saturated rings. The summed E-state index contributed by atoms with van der Waals surface area (Å²) < 4.78 is 9.89. The van der Waals surface area contributed by atoms with E-state index in [4.69, 9.17) is 14.7 Å². The number of rotatable bonds is 3. The number of aromatic hydroxyl groups is 1. The van der Waals surface area contributed by atoms with E-state index >= 15 is 0 Å². The van der Waals surface area contributed by atoms with Gasteiger partial charge < -0.3 is 19.8 Å². The number of methoxy groups -OCH3 is 2. The van der Waals surface area contributed by atoms with Crippen molar-refractivity contribution < 1.29 is 19.8 Å². The normalized spacial score (nSPS) is 10.4. The first-order chi connectivity index (χ1) is 6.74. The van der Waals surface area contributed by atoms with Crippen LogP contribution in [-0.4, -0.2) is 30.7 Å². The van der Waals surface area contributed by atoms with Crippen molar-refractivity contribution in [2.24, 2.45) is 5.16 Å². The predicted octanol–water partition coefficient (Wildman–Crippen LogP) is 1.22. The molecule has 0 atom stereocenters. The Morgan fingerprint density at radius 1 is 1.29 bits per heavy atom. The Morgan fingerprint density at radius 3 is 2.50 bits per heavy atom. The van der Waals surface area contributed by atoms with Gasteiger partial charge in [0.05, 0.1) is 20.4 Å². The Balaban J connectivity index is 3.27. The van der Waals surface area contributed by atoms with E-state index in [1.54, 1.807) is 12.1 Å². The highest BCUT2D eigenvalue weighted by Gasteiger charge is 2.12. The summed E-state index contributed by atoms with van der Waals surface area (Å²) in [5, 5.41) is 20.8. The number of ether oxygens (including phenoxy) is 2. The molecule has 14 heavy (non-hydrogen) atoms. The molecule has 0 saturated heterocycles. The third-order valence-electron chi connectivity index (χ3n) is 1.75. The van der Waals surface area contributed by atoms with E-state index in [9.17, 15) is 5.11 Å². The number of hydrogen-bond donors (Lipinski definition) is 2. The zero-order chi connectivity index (χ0) is 10.6. The Morgan fingerprint density at radius 2 is 2.00 bits per heavy atom. The second-order valence-corrected chi connectivity index (χ2v) is 2.48. The molecule has 0 aliphatic rings. The molecule has 0 unspecified atom stereocenters. The molecule has 0 aliphatic heterocycles. The highest BCUT2D eigenvalue weighted by atomic mass is 16.5. The van der Waals surface area contributed by atoms with Crippen LogP contribution < -0.4 is 9.47 Å². The van der Waals surface area contributed by atoms with Crippen LogP contribution in [0.2, 0.25) is 0 Å². The van der Waals surface area contributed by atoms with Crippen molar-refractivity contribution in [3.63, 3.8) is 0 Å². The van der Waals surface area contributed by atoms with Crippen LogP contribution in [0.3, 0.4) is 0 Å². The van der Waals surface area contributed by atoms with Gasteiger partial charge >= 0.3 is 0 Å². The third-order valence-corrected chi connectivity index (χ3v) is 1.75. The number of nitrogens with zero attached hydrogens (tertiary/aromatic N) is 1. The number of oxime groups is 1. The maximum atomic E-state index is 9.62. The van der Waals surface area contributed by atoms with Crippen molar-refractivity contribution in [3.8, 4) is 17.2 Å². The molecule has 1 aromatic carbocycles. The number of benzene rings is 1. The molecule has 1 rings (SSSR count). The zero-order valence-corrected chi connectivity index (χ0v) is 7.89. The van der Waals surface area contributed by atoms with Crippen molar-refractivity contribution in [1.82, 2.24) is 0 Å². The Hall–Kier alpha value is -1.91. The Labute approximate surface area is 81.2 Å². The smallest absolute Gasteiger partial charge is 0.203 e. The van der Waals surface area contributed by atoms with Gasteiger partial charge in [-0.3, -0.25) is 0 Å². The molecular formula is C9H11NO4. The van der Waals surface area contributed by atoms with E-state index in [2.05, 4.69) is 5.16 Å². The van der Waals surface area contributed by atoms with Gasteiger partial charge in [-0.05, 0) is 12.1 Å². The third kappa shape index (κ3) is 1.71. The highest BCUT2D eigenvalue weighted by molar-refractivity contribution is 5.85. The molecule has 0 aliphatic carbocycles. The van der Waals surface area contributed by atoms with Crippen LogP contribution in [0.25, 0.3) is 0 Å². The summed E-state index contributed by atoms with van der Waals surface area (Å²) >= 11 is 0. The van der Waals surface area contributed by atoms with E-state index in [0.29, 0.717) is 11.3 Å². The maximum absolute atomic E-state index is 9.62. The fourth-order valence-corrected chi connectivity index (χ4v) is 1.09. The number of phenols is 1. The molecule has 0 amide bonds. The van der Waals surface area contributed by atoms with Crippen molar-refractivity contribution in [3.05, 3.63) is 17.7 Å². The van der Waals surface area contributed by atoms with Crippen molar-refractivity contribution in [2.45, 2.75) is 0 Å². The monoisotopic (exact) mass is 197 g/mol. The average molecular weight is 197 g/mol. The minimum atomic E-state index is -0.121. The fourth-order valence-electron chi connectivity index (χ4n) is 1.09. The van der Waals surface area contributed by atoms with Gasteiger partial charge in [0.25, 0.3) is 0 Å². The minimum Gasteiger partial charge on any atom is -0.504 e. The van der Waals surface area contributed by atoms with E-state index in [-0.39, 0.29) is 11.5 Å². The van der Waals surface area contributed by atoms with Gasteiger partial charge in [0, 0.05) is 5.56 Å². The predicted molar refractivity (Wildman–Crippen MR) is 50.6 cm³/mol. The van der Waals surface area contributed by atoms with Crippen molar-refractivity contribution >= 4 is 6.21 Å². The SMILES string of the molecule is COc1ccc(C=NO)c(O)c1OC. The van der Waals surface area contributed by atoms with Crippen LogP contribution in [0.4, 0.5) is 0 Å². The largest absolute Gasteiger partial charge is 0.504 e.